The van der Waals surface area contributed by atoms with E-state index in [9.17, 15) is 9.59 Å². The number of carbonyl (C=O) groups is 2. The summed E-state index contributed by atoms with van der Waals surface area (Å²) in [5.41, 5.74) is 0. The first-order valence-electron chi connectivity index (χ1n) is 5.18. The third kappa shape index (κ3) is 5.24. The summed E-state index contributed by atoms with van der Waals surface area (Å²) in [6, 6.07) is -1.22. The monoisotopic (exact) mass is 216 g/mol. The van der Waals surface area contributed by atoms with Crippen molar-refractivity contribution in [1.29, 1.82) is 0 Å². The number of amides is 2. The number of aliphatic carboxylic acids is 1. The Kier molecular flexibility index (Phi) is 5.74. The Hall–Kier alpha value is -1.26. The van der Waals surface area contributed by atoms with Crippen LogP contribution in [0.1, 0.15) is 34.1 Å². The predicted molar refractivity (Wildman–Crippen MR) is 57.7 cm³/mol. The van der Waals surface area contributed by atoms with Gasteiger partial charge in [0.05, 0.1) is 0 Å². The van der Waals surface area contributed by atoms with Crippen molar-refractivity contribution in [3.8, 4) is 0 Å². The fourth-order valence-electron chi connectivity index (χ4n) is 1.02. The summed E-state index contributed by atoms with van der Waals surface area (Å²) in [7, 11) is 0. The maximum atomic E-state index is 11.3. The standard InChI is InChI=1S/C10H20N2O3/c1-5-7(4)11-10(15)12-8(6(2)3)9(13)14/h6-8H,5H2,1-4H3,(H,13,14)(H2,11,12,15). The Bertz CT molecular complexity index is 229. The molecular weight excluding hydrogens is 196 g/mol. The lowest BCUT2D eigenvalue weighted by atomic mass is 10.1. The van der Waals surface area contributed by atoms with Gasteiger partial charge in [-0.2, -0.15) is 0 Å². The van der Waals surface area contributed by atoms with Crippen LogP contribution in [0.25, 0.3) is 0 Å². The smallest absolute Gasteiger partial charge is 0.326 e. The number of carboxylic acid groups (broad SMARTS) is 1. The molecule has 2 atom stereocenters. The highest BCUT2D eigenvalue weighted by atomic mass is 16.4. The summed E-state index contributed by atoms with van der Waals surface area (Å²) in [5, 5.41) is 13.9. The summed E-state index contributed by atoms with van der Waals surface area (Å²) in [4.78, 5) is 22.1. The molecule has 0 spiro atoms. The third-order valence-electron chi connectivity index (χ3n) is 2.21. The van der Waals surface area contributed by atoms with E-state index in [1.165, 1.54) is 0 Å². The van der Waals surface area contributed by atoms with Gasteiger partial charge in [0.15, 0.2) is 0 Å². The van der Waals surface area contributed by atoms with Crippen molar-refractivity contribution in [2.24, 2.45) is 5.92 Å². The molecule has 3 N–H and O–H groups in total. The van der Waals surface area contributed by atoms with E-state index in [-0.39, 0.29) is 12.0 Å². The molecular formula is C10H20N2O3. The van der Waals surface area contributed by atoms with Crippen LogP contribution >= 0.6 is 0 Å². The number of rotatable bonds is 5. The molecule has 0 aliphatic heterocycles. The molecule has 0 aromatic heterocycles. The summed E-state index contributed by atoms with van der Waals surface area (Å²) < 4.78 is 0. The zero-order chi connectivity index (χ0) is 12.0. The molecule has 0 saturated heterocycles. The van der Waals surface area contributed by atoms with Gasteiger partial charge >= 0.3 is 12.0 Å². The van der Waals surface area contributed by atoms with Gasteiger partial charge in [0, 0.05) is 6.04 Å². The Morgan fingerprint density at radius 2 is 1.73 bits per heavy atom. The molecule has 0 aromatic carbocycles. The van der Waals surface area contributed by atoms with Crippen LogP contribution in [0.15, 0.2) is 0 Å². The third-order valence-corrected chi connectivity index (χ3v) is 2.21. The van der Waals surface area contributed by atoms with Crippen LogP contribution in [-0.2, 0) is 4.79 Å². The van der Waals surface area contributed by atoms with Crippen LogP contribution in [0.3, 0.4) is 0 Å². The summed E-state index contributed by atoms with van der Waals surface area (Å²) in [5.74, 6) is -1.14. The normalized spacial score (nSPS) is 14.5. The van der Waals surface area contributed by atoms with Crippen LogP contribution in [0, 0.1) is 5.92 Å². The van der Waals surface area contributed by atoms with E-state index in [1.807, 2.05) is 13.8 Å². The fourth-order valence-corrected chi connectivity index (χ4v) is 1.02. The van der Waals surface area contributed by atoms with Gasteiger partial charge in [0.25, 0.3) is 0 Å². The van der Waals surface area contributed by atoms with E-state index in [1.54, 1.807) is 13.8 Å². The van der Waals surface area contributed by atoms with Gasteiger partial charge in [0.2, 0.25) is 0 Å². The fraction of sp³-hybridized carbons (Fsp3) is 0.800. The van der Waals surface area contributed by atoms with E-state index in [0.717, 1.165) is 6.42 Å². The molecule has 0 saturated carbocycles. The largest absolute Gasteiger partial charge is 0.480 e. The molecule has 88 valence electrons. The zero-order valence-corrected chi connectivity index (χ0v) is 9.70. The van der Waals surface area contributed by atoms with Crippen molar-refractivity contribution in [2.75, 3.05) is 0 Å². The Balaban J connectivity index is 4.18. The van der Waals surface area contributed by atoms with Crippen LogP contribution in [0.5, 0.6) is 0 Å². The highest BCUT2D eigenvalue weighted by Crippen LogP contribution is 2.01. The Morgan fingerprint density at radius 1 is 1.20 bits per heavy atom. The minimum Gasteiger partial charge on any atom is -0.480 e. The molecule has 2 amide bonds. The molecule has 15 heavy (non-hydrogen) atoms. The van der Waals surface area contributed by atoms with Crippen molar-refractivity contribution in [3.63, 3.8) is 0 Å². The zero-order valence-electron chi connectivity index (χ0n) is 9.70. The SMILES string of the molecule is CCC(C)NC(=O)NC(C(=O)O)C(C)C. The molecule has 5 heteroatoms. The van der Waals surface area contributed by atoms with Gasteiger partial charge in [-0.1, -0.05) is 20.8 Å². The average molecular weight is 216 g/mol. The topological polar surface area (TPSA) is 78.4 Å². The molecule has 0 rings (SSSR count). The summed E-state index contributed by atoms with van der Waals surface area (Å²) in [6.07, 6.45) is 0.812. The average Bonchev–Trinajstić information content (AvgIpc) is 2.12. The number of urea groups is 1. The van der Waals surface area contributed by atoms with Gasteiger partial charge in [-0.3, -0.25) is 0 Å². The first-order chi connectivity index (χ1) is 6.88. The van der Waals surface area contributed by atoms with Crippen molar-refractivity contribution < 1.29 is 14.7 Å². The van der Waals surface area contributed by atoms with Crippen LogP contribution in [0.4, 0.5) is 4.79 Å². The maximum Gasteiger partial charge on any atom is 0.326 e. The van der Waals surface area contributed by atoms with Crippen molar-refractivity contribution in [1.82, 2.24) is 10.6 Å². The van der Waals surface area contributed by atoms with Gasteiger partial charge in [-0.05, 0) is 19.3 Å². The second-order valence-electron chi connectivity index (χ2n) is 3.99. The van der Waals surface area contributed by atoms with E-state index < -0.39 is 18.0 Å². The van der Waals surface area contributed by atoms with E-state index in [4.69, 9.17) is 5.11 Å². The molecule has 0 aromatic rings. The van der Waals surface area contributed by atoms with E-state index in [2.05, 4.69) is 10.6 Å². The molecule has 0 aliphatic rings. The minimum atomic E-state index is -1.01. The first-order valence-corrected chi connectivity index (χ1v) is 5.18. The Morgan fingerprint density at radius 3 is 2.07 bits per heavy atom. The molecule has 0 aliphatic carbocycles. The maximum absolute atomic E-state index is 11.3. The highest BCUT2D eigenvalue weighted by molar-refractivity contribution is 5.82. The van der Waals surface area contributed by atoms with Crippen molar-refractivity contribution >= 4 is 12.0 Å². The lowest BCUT2D eigenvalue weighted by Crippen LogP contribution is -2.50. The molecule has 0 fully saturated rings. The van der Waals surface area contributed by atoms with Crippen LogP contribution < -0.4 is 10.6 Å². The molecule has 5 nitrogen and oxygen atoms in total. The molecule has 0 bridgehead atoms. The van der Waals surface area contributed by atoms with Crippen LogP contribution in [-0.4, -0.2) is 29.2 Å². The van der Waals surface area contributed by atoms with Crippen molar-refractivity contribution in [3.05, 3.63) is 0 Å². The predicted octanol–water partition coefficient (Wildman–Crippen LogP) is 1.19. The second kappa shape index (κ2) is 6.27. The number of carbonyl (C=O) groups excluding carboxylic acids is 1. The highest BCUT2D eigenvalue weighted by Gasteiger charge is 2.23. The number of hydrogen-bond donors (Lipinski definition) is 3. The second-order valence-corrected chi connectivity index (χ2v) is 3.99. The summed E-state index contributed by atoms with van der Waals surface area (Å²) in [6.45, 7) is 7.32. The van der Waals surface area contributed by atoms with Gasteiger partial charge in [0.1, 0.15) is 6.04 Å². The lowest BCUT2D eigenvalue weighted by Gasteiger charge is -2.19. The Labute approximate surface area is 90.2 Å². The van der Waals surface area contributed by atoms with E-state index in [0.29, 0.717) is 0 Å². The van der Waals surface area contributed by atoms with Crippen molar-refractivity contribution in [2.45, 2.75) is 46.2 Å². The number of carboxylic acids is 1. The van der Waals surface area contributed by atoms with Gasteiger partial charge < -0.3 is 15.7 Å². The van der Waals surface area contributed by atoms with Gasteiger partial charge in [-0.25, -0.2) is 9.59 Å². The first kappa shape index (κ1) is 13.7. The molecule has 2 unspecified atom stereocenters. The molecule has 0 heterocycles. The quantitative estimate of drug-likeness (QED) is 0.646. The minimum absolute atomic E-state index is 0.0478. The molecule has 0 radical (unpaired) electrons. The van der Waals surface area contributed by atoms with E-state index >= 15 is 0 Å². The summed E-state index contributed by atoms with van der Waals surface area (Å²) >= 11 is 0. The van der Waals surface area contributed by atoms with Gasteiger partial charge in [-0.15, -0.1) is 0 Å². The number of hydrogen-bond acceptors (Lipinski definition) is 2. The lowest BCUT2D eigenvalue weighted by molar-refractivity contribution is -0.140. The number of nitrogens with one attached hydrogen (secondary N) is 2. The van der Waals surface area contributed by atoms with Crippen LogP contribution in [0.2, 0.25) is 0 Å².